The molecule has 0 saturated heterocycles. The molecule has 1 atom stereocenters. The van der Waals surface area contributed by atoms with E-state index >= 15 is 0 Å². The molecule has 1 aromatic heterocycles. The van der Waals surface area contributed by atoms with Crippen molar-refractivity contribution < 1.29 is 23.8 Å². The first-order valence-electron chi connectivity index (χ1n) is 10.3. The number of carbonyl (C=O) groups is 2. The topological polar surface area (TPSA) is 78.8 Å². The fraction of sp³-hybridized carbons (Fsp3) is 0.478. The smallest absolute Gasteiger partial charge is 0.339 e. The van der Waals surface area contributed by atoms with Gasteiger partial charge >= 0.3 is 5.97 Å². The van der Waals surface area contributed by atoms with Gasteiger partial charge in [0.2, 0.25) is 5.91 Å². The van der Waals surface area contributed by atoms with E-state index in [1.165, 1.54) is 0 Å². The Bertz CT molecular complexity index is 888. The SMILES string of the molecule is CCOC(=O)c1cc(C)n(CC(=O)N[C@H](C)c2ccc(OCC)c(OCC)c2)c1C. The third-order valence-corrected chi connectivity index (χ3v) is 4.82. The summed E-state index contributed by atoms with van der Waals surface area (Å²) in [5.74, 6) is 0.829. The van der Waals surface area contributed by atoms with E-state index in [9.17, 15) is 9.59 Å². The molecule has 164 valence electrons. The molecule has 0 unspecified atom stereocenters. The normalized spacial score (nSPS) is 11.7. The molecule has 0 bridgehead atoms. The molecule has 7 heteroatoms. The molecule has 0 spiro atoms. The number of rotatable bonds is 10. The van der Waals surface area contributed by atoms with Crippen molar-refractivity contribution in [2.45, 2.75) is 54.1 Å². The first-order valence-corrected chi connectivity index (χ1v) is 10.3. The van der Waals surface area contributed by atoms with Gasteiger partial charge in [-0.05, 0) is 65.3 Å². The minimum Gasteiger partial charge on any atom is -0.490 e. The number of esters is 1. The Morgan fingerprint density at radius 2 is 1.67 bits per heavy atom. The Balaban J connectivity index is 2.11. The molecule has 0 aliphatic rings. The molecule has 0 saturated carbocycles. The van der Waals surface area contributed by atoms with Crippen LogP contribution < -0.4 is 14.8 Å². The second-order valence-electron chi connectivity index (χ2n) is 6.95. The van der Waals surface area contributed by atoms with Crippen LogP contribution in [0.1, 0.15) is 61.0 Å². The average Bonchev–Trinajstić information content (AvgIpc) is 2.98. The van der Waals surface area contributed by atoms with Gasteiger partial charge in [0.25, 0.3) is 0 Å². The second kappa shape index (κ2) is 10.7. The van der Waals surface area contributed by atoms with Crippen LogP contribution in [0.25, 0.3) is 0 Å². The van der Waals surface area contributed by atoms with Crippen LogP contribution in [0.15, 0.2) is 24.3 Å². The molecule has 2 aromatic rings. The van der Waals surface area contributed by atoms with E-state index in [0.29, 0.717) is 42.6 Å². The third kappa shape index (κ3) is 5.55. The van der Waals surface area contributed by atoms with Crippen molar-refractivity contribution >= 4 is 11.9 Å². The quantitative estimate of drug-likeness (QED) is 0.593. The summed E-state index contributed by atoms with van der Waals surface area (Å²) in [7, 11) is 0. The van der Waals surface area contributed by atoms with E-state index in [0.717, 1.165) is 11.3 Å². The van der Waals surface area contributed by atoms with Crippen molar-refractivity contribution in [3.63, 3.8) is 0 Å². The van der Waals surface area contributed by atoms with Gasteiger partial charge in [-0.3, -0.25) is 4.79 Å². The van der Waals surface area contributed by atoms with Gasteiger partial charge in [-0.2, -0.15) is 0 Å². The molecule has 1 N–H and O–H groups in total. The van der Waals surface area contributed by atoms with Gasteiger partial charge in [0, 0.05) is 11.4 Å². The number of aromatic nitrogens is 1. The van der Waals surface area contributed by atoms with E-state index in [1.54, 1.807) is 13.0 Å². The zero-order valence-electron chi connectivity index (χ0n) is 18.7. The molecule has 30 heavy (non-hydrogen) atoms. The van der Waals surface area contributed by atoms with Crippen molar-refractivity contribution in [1.29, 1.82) is 0 Å². The van der Waals surface area contributed by atoms with Gasteiger partial charge in [-0.15, -0.1) is 0 Å². The molecule has 1 amide bonds. The molecular formula is C23H32N2O5. The maximum Gasteiger partial charge on any atom is 0.339 e. The first kappa shape index (κ1) is 23.3. The first-order chi connectivity index (χ1) is 14.3. The highest BCUT2D eigenvalue weighted by atomic mass is 16.5. The lowest BCUT2D eigenvalue weighted by molar-refractivity contribution is -0.122. The van der Waals surface area contributed by atoms with Crippen LogP contribution in [0, 0.1) is 13.8 Å². The van der Waals surface area contributed by atoms with E-state index < -0.39 is 0 Å². The van der Waals surface area contributed by atoms with E-state index in [1.807, 2.05) is 57.4 Å². The molecule has 0 radical (unpaired) electrons. The van der Waals surface area contributed by atoms with Gasteiger partial charge < -0.3 is 24.1 Å². The van der Waals surface area contributed by atoms with E-state index in [4.69, 9.17) is 14.2 Å². The minimum atomic E-state index is -0.372. The highest BCUT2D eigenvalue weighted by molar-refractivity contribution is 5.91. The summed E-state index contributed by atoms with van der Waals surface area (Å²) in [5, 5.41) is 3.01. The lowest BCUT2D eigenvalue weighted by Crippen LogP contribution is -2.30. The Labute approximate surface area is 178 Å². The molecule has 0 aliphatic carbocycles. The lowest BCUT2D eigenvalue weighted by atomic mass is 10.1. The van der Waals surface area contributed by atoms with Gasteiger partial charge in [0.05, 0.1) is 31.4 Å². The molecule has 1 aromatic carbocycles. The van der Waals surface area contributed by atoms with Gasteiger partial charge in [-0.1, -0.05) is 6.07 Å². The minimum absolute atomic E-state index is 0.122. The van der Waals surface area contributed by atoms with E-state index in [2.05, 4.69) is 5.32 Å². The molecule has 0 aliphatic heterocycles. The molecule has 2 rings (SSSR count). The Morgan fingerprint density at radius 3 is 2.30 bits per heavy atom. The van der Waals surface area contributed by atoms with Crippen LogP contribution in [0.3, 0.4) is 0 Å². The summed E-state index contributed by atoms with van der Waals surface area (Å²) in [6, 6.07) is 7.21. The third-order valence-electron chi connectivity index (χ3n) is 4.82. The molecular weight excluding hydrogens is 384 g/mol. The summed E-state index contributed by atoms with van der Waals surface area (Å²) in [6.07, 6.45) is 0. The van der Waals surface area contributed by atoms with Crippen LogP contribution in [0.4, 0.5) is 0 Å². The Morgan fingerprint density at radius 1 is 1.00 bits per heavy atom. The van der Waals surface area contributed by atoms with Crippen LogP contribution in [0.5, 0.6) is 11.5 Å². The van der Waals surface area contributed by atoms with Crippen LogP contribution in [0.2, 0.25) is 0 Å². The number of hydrogen-bond acceptors (Lipinski definition) is 5. The van der Waals surface area contributed by atoms with Crippen LogP contribution in [-0.4, -0.2) is 36.3 Å². The summed E-state index contributed by atoms with van der Waals surface area (Å²) < 4.78 is 18.2. The number of benzene rings is 1. The number of nitrogens with zero attached hydrogens (tertiary/aromatic N) is 1. The zero-order valence-corrected chi connectivity index (χ0v) is 18.7. The maximum atomic E-state index is 12.7. The van der Waals surface area contributed by atoms with Gasteiger partial charge in [0.1, 0.15) is 6.54 Å². The zero-order chi connectivity index (χ0) is 22.3. The Hall–Kier alpha value is -2.96. The standard InChI is InChI=1S/C23H32N2O5/c1-7-28-20-11-10-18(13-21(20)29-8-2)16(5)24-22(26)14-25-15(4)12-19(17(25)6)23(27)30-9-3/h10-13,16H,7-9,14H2,1-6H3,(H,24,26)/t16-/m1/s1. The van der Waals surface area contributed by atoms with Crippen molar-refractivity contribution in [3.05, 3.63) is 46.8 Å². The second-order valence-corrected chi connectivity index (χ2v) is 6.95. The number of ether oxygens (including phenoxy) is 3. The number of nitrogens with one attached hydrogen (secondary N) is 1. The monoisotopic (exact) mass is 416 g/mol. The van der Waals surface area contributed by atoms with Crippen molar-refractivity contribution in [2.24, 2.45) is 0 Å². The number of amides is 1. The molecule has 0 fully saturated rings. The van der Waals surface area contributed by atoms with Gasteiger partial charge in [-0.25, -0.2) is 4.79 Å². The average molecular weight is 417 g/mol. The number of carbonyl (C=O) groups excluding carboxylic acids is 2. The van der Waals surface area contributed by atoms with Crippen LogP contribution in [-0.2, 0) is 16.1 Å². The summed E-state index contributed by atoms with van der Waals surface area (Å²) >= 11 is 0. The Kier molecular flexibility index (Phi) is 8.33. The fourth-order valence-corrected chi connectivity index (χ4v) is 3.31. The predicted octanol–water partition coefficient (Wildman–Crippen LogP) is 3.96. The van der Waals surface area contributed by atoms with E-state index in [-0.39, 0.29) is 24.5 Å². The molecule has 7 nitrogen and oxygen atoms in total. The fourth-order valence-electron chi connectivity index (χ4n) is 3.31. The number of aryl methyl sites for hydroxylation is 1. The summed E-state index contributed by atoms with van der Waals surface area (Å²) in [4.78, 5) is 24.8. The highest BCUT2D eigenvalue weighted by Crippen LogP contribution is 2.30. The number of hydrogen-bond donors (Lipinski definition) is 1. The van der Waals surface area contributed by atoms with Crippen molar-refractivity contribution in [3.8, 4) is 11.5 Å². The lowest BCUT2D eigenvalue weighted by Gasteiger charge is -2.18. The highest BCUT2D eigenvalue weighted by Gasteiger charge is 2.19. The summed E-state index contributed by atoms with van der Waals surface area (Å²) in [6.45, 7) is 12.7. The van der Waals surface area contributed by atoms with Crippen LogP contribution >= 0.6 is 0 Å². The largest absolute Gasteiger partial charge is 0.490 e. The van der Waals surface area contributed by atoms with Crippen molar-refractivity contribution in [2.75, 3.05) is 19.8 Å². The summed E-state index contributed by atoms with van der Waals surface area (Å²) in [5.41, 5.74) is 2.96. The maximum absolute atomic E-state index is 12.7. The predicted molar refractivity (Wildman–Crippen MR) is 115 cm³/mol. The molecule has 1 heterocycles. The van der Waals surface area contributed by atoms with Crippen molar-refractivity contribution in [1.82, 2.24) is 9.88 Å². The van der Waals surface area contributed by atoms with Gasteiger partial charge in [0.15, 0.2) is 11.5 Å².